The molecule has 1 aromatic heterocycles. The average Bonchev–Trinajstić information content (AvgIpc) is 2.94. The van der Waals surface area contributed by atoms with Crippen molar-refractivity contribution in [3.63, 3.8) is 0 Å². The van der Waals surface area contributed by atoms with Gasteiger partial charge in [-0.25, -0.2) is 4.39 Å². The molecule has 0 radical (unpaired) electrons. The van der Waals surface area contributed by atoms with Crippen LogP contribution in [0.5, 0.6) is 0 Å². The fourth-order valence-corrected chi connectivity index (χ4v) is 2.49. The topological polar surface area (TPSA) is 40.2 Å². The standard InChI is InChI=1S/C15H15FN2O/c1-9-3-6-14(19-9)10(2)18-8-11-4-5-12(16)7-13(11)15(18)17/h3-7,10,17H,8H2,1-2H3. The van der Waals surface area contributed by atoms with Crippen LogP contribution in [0.2, 0.25) is 0 Å². The summed E-state index contributed by atoms with van der Waals surface area (Å²) in [6, 6.07) is 8.43. The smallest absolute Gasteiger partial charge is 0.129 e. The van der Waals surface area contributed by atoms with Crippen LogP contribution in [-0.4, -0.2) is 10.7 Å². The highest BCUT2D eigenvalue weighted by atomic mass is 19.1. The van der Waals surface area contributed by atoms with E-state index >= 15 is 0 Å². The first kappa shape index (κ1) is 12.0. The minimum absolute atomic E-state index is 0.0309. The van der Waals surface area contributed by atoms with Crippen LogP contribution in [0.1, 0.15) is 35.6 Å². The summed E-state index contributed by atoms with van der Waals surface area (Å²) >= 11 is 0. The molecule has 2 aromatic rings. The summed E-state index contributed by atoms with van der Waals surface area (Å²) < 4.78 is 18.9. The van der Waals surface area contributed by atoms with E-state index in [1.165, 1.54) is 12.1 Å². The van der Waals surface area contributed by atoms with Gasteiger partial charge in [0.2, 0.25) is 0 Å². The lowest BCUT2D eigenvalue weighted by Crippen LogP contribution is -2.27. The zero-order valence-corrected chi connectivity index (χ0v) is 10.9. The molecule has 0 saturated heterocycles. The molecule has 3 nitrogen and oxygen atoms in total. The zero-order valence-electron chi connectivity index (χ0n) is 10.9. The fourth-order valence-electron chi connectivity index (χ4n) is 2.49. The number of nitrogens with one attached hydrogen (secondary N) is 1. The third-order valence-electron chi connectivity index (χ3n) is 3.60. The molecule has 98 valence electrons. The molecule has 1 aliphatic rings. The Morgan fingerprint density at radius 3 is 2.79 bits per heavy atom. The van der Waals surface area contributed by atoms with Crippen molar-refractivity contribution in [2.45, 2.75) is 26.4 Å². The van der Waals surface area contributed by atoms with Crippen molar-refractivity contribution in [1.29, 1.82) is 5.41 Å². The van der Waals surface area contributed by atoms with E-state index in [-0.39, 0.29) is 11.9 Å². The SMILES string of the molecule is Cc1ccc(C(C)N2Cc3ccc(F)cc3C2=N)o1. The predicted octanol–water partition coefficient (Wildman–Crippen LogP) is 3.63. The van der Waals surface area contributed by atoms with Gasteiger partial charge in [0.15, 0.2) is 0 Å². The highest BCUT2D eigenvalue weighted by Gasteiger charge is 2.30. The molecule has 0 aliphatic carbocycles. The molecule has 1 N–H and O–H groups in total. The van der Waals surface area contributed by atoms with Crippen LogP contribution >= 0.6 is 0 Å². The van der Waals surface area contributed by atoms with Gasteiger partial charge in [0.1, 0.15) is 23.2 Å². The molecule has 0 spiro atoms. The third-order valence-corrected chi connectivity index (χ3v) is 3.60. The van der Waals surface area contributed by atoms with Crippen molar-refractivity contribution in [3.05, 3.63) is 58.8 Å². The number of rotatable bonds is 2. The average molecular weight is 258 g/mol. The quantitative estimate of drug-likeness (QED) is 0.893. The molecular formula is C15H15FN2O. The molecule has 4 heteroatoms. The van der Waals surface area contributed by atoms with Crippen molar-refractivity contribution < 1.29 is 8.81 Å². The maximum atomic E-state index is 13.3. The molecule has 1 aliphatic heterocycles. The second-order valence-corrected chi connectivity index (χ2v) is 4.90. The van der Waals surface area contributed by atoms with Crippen molar-refractivity contribution in [3.8, 4) is 0 Å². The van der Waals surface area contributed by atoms with Gasteiger partial charge in [-0.1, -0.05) is 6.07 Å². The summed E-state index contributed by atoms with van der Waals surface area (Å²) in [5, 5.41) is 8.19. The lowest BCUT2D eigenvalue weighted by molar-refractivity contribution is 0.290. The Morgan fingerprint density at radius 1 is 1.32 bits per heavy atom. The largest absolute Gasteiger partial charge is 0.464 e. The molecule has 2 heterocycles. The minimum atomic E-state index is -0.299. The van der Waals surface area contributed by atoms with Crippen LogP contribution in [0.25, 0.3) is 0 Å². The van der Waals surface area contributed by atoms with E-state index in [2.05, 4.69) is 0 Å². The van der Waals surface area contributed by atoms with Crippen LogP contribution in [0.4, 0.5) is 4.39 Å². The first-order valence-corrected chi connectivity index (χ1v) is 6.26. The van der Waals surface area contributed by atoms with E-state index in [9.17, 15) is 4.39 Å². The van der Waals surface area contributed by atoms with Crippen LogP contribution in [0.3, 0.4) is 0 Å². The Morgan fingerprint density at radius 2 is 2.11 bits per heavy atom. The number of hydrogen-bond acceptors (Lipinski definition) is 2. The summed E-state index contributed by atoms with van der Waals surface area (Å²) in [7, 11) is 0. The van der Waals surface area contributed by atoms with Crippen molar-refractivity contribution >= 4 is 5.84 Å². The number of furan rings is 1. The van der Waals surface area contributed by atoms with Gasteiger partial charge < -0.3 is 9.32 Å². The molecule has 3 rings (SSSR count). The second kappa shape index (κ2) is 4.23. The van der Waals surface area contributed by atoms with Gasteiger partial charge in [0.05, 0.1) is 6.04 Å². The van der Waals surface area contributed by atoms with E-state index in [0.29, 0.717) is 17.9 Å². The number of benzene rings is 1. The second-order valence-electron chi connectivity index (χ2n) is 4.90. The maximum absolute atomic E-state index is 13.3. The number of halogens is 1. The summed E-state index contributed by atoms with van der Waals surface area (Å²) in [6.45, 7) is 4.51. The van der Waals surface area contributed by atoms with Crippen LogP contribution in [-0.2, 0) is 6.54 Å². The number of aryl methyl sites for hydroxylation is 1. The molecule has 0 fully saturated rings. The monoisotopic (exact) mass is 258 g/mol. The third kappa shape index (κ3) is 1.93. The fraction of sp³-hybridized carbons (Fsp3) is 0.267. The molecule has 19 heavy (non-hydrogen) atoms. The van der Waals surface area contributed by atoms with Gasteiger partial charge in [0.25, 0.3) is 0 Å². The molecule has 1 unspecified atom stereocenters. The highest BCUT2D eigenvalue weighted by Crippen LogP contribution is 2.32. The molecule has 1 aromatic carbocycles. The molecule has 0 amide bonds. The van der Waals surface area contributed by atoms with E-state index in [1.54, 1.807) is 6.07 Å². The summed E-state index contributed by atoms with van der Waals surface area (Å²) in [6.07, 6.45) is 0. The van der Waals surface area contributed by atoms with Gasteiger partial charge in [-0.2, -0.15) is 0 Å². The molecule has 0 bridgehead atoms. The highest BCUT2D eigenvalue weighted by molar-refractivity contribution is 6.00. The van der Waals surface area contributed by atoms with Gasteiger partial charge in [-0.05, 0) is 43.7 Å². The van der Waals surface area contributed by atoms with E-state index in [1.807, 2.05) is 30.9 Å². The lowest BCUT2D eigenvalue weighted by Gasteiger charge is -2.24. The first-order chi connectivity index (χ1) is 9.06. The Hall–Kier alpha value is -2.10. The van der Waals surface area contributed by atoms with Crippen LogP contribution in [0, 0.1) is 18.2 Å². The number of hydrogen-bond donors (Lipinski definition) is 1. The van der Waals surface area contributed by atoms with Crippen molar-refractivity contribution in [2.24, 2.45) is 0 Å². The summed E-state index contributed by atoms with van der Waals surface area (Å²) in [5.41, 5.74) is 1.66. The van der Waals surface area contributed by atoms with Gasteiger partial charge in [0, 0.05) is 12.1 Å². The van der Waals surface area contributed by atoms with Crippen LogP contribution in [0.15, 0.2) is 34.7 Å². The minimum Gasteiger partial charge on any atom is -0.464 e. The molecule has 0 saturated carbocycles. The Bertz CT molecular complexity index is 647. The van der Waals surface area contributed by atoms with Gasteiger partial charge in [-0.15, -0.1) is 0 Å². The van der Waals surface area contributed by atoms with Crippen molar-refractivity contribution in [1.82, 2.24) is 4.90 Å². The Labute approximate surface area is 111 Å². The lowest BCUT2D eigenvalue weighted by atomic mass is 10.1. The van der Waals surface area contributed by atoms with Gasteiger partial charge in [-0.3, -0.25) is 5.41 Å². The maximum Gasteiger partial charge on any atom is 0.129 e. The number of nitrogens with zero attached hydrogens (tertiary/aromatic N) is 1. The Balaban J connectivity index is 1.91. The summed E-state index contributed by atoms with van der Waals surface area (Å²) in [4.78, 5) is 1.92. The first-order valence-electron chi connectivity index (χ1n) is 6.26. The summed E-state index contributed by atoms with van der Waals surface area (Å²) in [5.74, 6) is 1.74. The van der Waals surface area contributed by atoms with Crippen LogP contribution < -0.4 is 0 Å². The predicted molar refractivity (Wildman–Crippen MR) is 70.6 cm³/mol. The van der Waals surface area contributed by atoms with E-state index < -0.39 is 0 Å². The van der Waals surface area contributed by atoms with E-state index in [0.717, 1.165) is 17.1 Å². The molecular weight excluding hydrogens is 243 g/mol. The Kier molecular flexibility index (Phi) is 2.66. The number of amidine groups is 1. The zero-order chi connectivity index (χ0) is 13.6. The van der Waals surface area contributed by atoms with Crippen molar-refractivity contribution in [2.75, 3.05) is 0 Å². The van der Waals surface area contributed by atoms with Gasteiger partial charge >= 0.3 is 0 Å². The molecule has 1 atom stereocenters. The van der Waals surface area contributed by atoms with E-state index in [4.69, 9.17) is 9.83 Å². The normalized spacial score (nSPS) is 15.7. The number of fused-ring (bicyclic) bond motifs is 1.